The maximum atomic E-state index is 12.0. The van der Waals surface area contributed by atoms with Gasteiger partial charge < -0.3 is 14.4 Å². The van der Waals surface area contributed by atoms with Crippen molar-refractivity contribution in [3.05, 3.63) is 29.8 Å². The van der Waals surface area contributed by atoms with Crippen molar-refractivity contribution in [3.63, 3.8) is 0 Å². The van der Waals surface area contributed by atoms with Gasteiger partial charge in [-0.2, -0.15) is 11.8 Å². The van der Waals surface area contributed by atoms with E-state index in [-0.39, 0.29) is 5.97 Å². The van der Waals surface area contributed by atoms with E-state index in [0.29, 0.717) is 11.7 Å². The largest absolute Gasteiger partial charge is 0.494 e. The predicted molar refractivity (Wildman–Crippen MR) is 127 cm³/mol. The van der Waals surface area contributed by atoms with E-state index < -0.39 is 5.60 Å². The Bertz CT molecular complexity index is 612. The summed E-state index contributed by atoms with van der Waals surface area (Å²) in [5.41, 5.74) is 0.935. The monoisotopic (exact) mass is 435 g/mol. The van der Waals surface area contributed by atoms with Crippen molar-refractivity contribution in [1.82, 2.24) is 4.90 Å². The van der Waals surface area contributed by atoms with E-state index in [1.807, 2.05) is 32.5 Å². The van der Waals surface area contributed by atoms with Gasteiger partial charge in [0, 0.05) is 30.6 Å². The molecule has 1 heterocycles. The molecule has 1 unspecified atom stereocenters. The zero-order valence-corrected chi connectivity index (χ0v) is 20.3. The highest BCUT2D eigenvalue weighted by Gasteiger charge is 2.23. The maximum Gasteiger partial charge on any atom is 0.307 e. The number of ether oxygens (including phenoxy) is 2. The molecule has 1 aliphatic rings. The summed E-state index contributed by atoms with van der Waals surface area (Å²) in [7, 11) is 0. The number of unbranched alkanes of at least 4 members (excludes halogenated alkanes) is 5. The summed E-state index contributed by atoms with van der Waals surface area (Å²) in [5.74, 6) is 1.95. The third kappa shape index (κ3) is 10.2. The normalized spacial score (nSPS) is 17.7. The fourth-order valence-electron chi connectivity index (χ4n) is 3.60. The van der Waals surface area contributed by atoms with Gasteiger partial charge in [-0.25, -0.2) is 0 Å². The van der Waals surface area contributed by atoms with Gasteiger partial charge in [0.1, 0.15) is 11.4 Å². The van der Waals surface area contributed by atoms with Crippen molar-refractivity contribution in [2.24, 2.45) is 0 Å². The minimum Gasteiger partial charge on any atom is -0.494 e. The molecule has 1 fully saturated rings. The number of carbonyl (C=O) groups excluding carboxylic acids is 1. The van der Waals surface area contributed by atoms with Crippen molar-refractivity contribution in [2.75, 3.05) is 32.0 Å². The first kappa shape index (κ1) is 25.1. The third-order valence-electron chi connectivity index (χ3n) is 5.22. The van der Waals surface area contributed by atoms with Crippen LogP contribution in [0.2, 0.25) is 0 Å². The third-order valence-corrected chi connectivity index (χ3v) is 6.46. The molecule has 1 aliphatic heterocycles. The molecular formula is C25H41NO3S. The van der Waals surface area contributed by atoms with E-state index >= 15 is 0 Å². The Balaban J connectivity index is 1.70. The molecule has 0 N–H and O–H groups in total. The lowest BCUT2D eigenvalue weighted by atomic mass is 10.1. The minimum atomic E-state index is -0.407. The number of nitrogens with zero attached hydrogens (tertiary/aromatic N) is 1. The first-order valence-corrected chi connectivity index (χ1v) is 12.7. The smallest absolute Gasteiger partial charge is 0.307 e. The zero-order chi connectivity index (χ0) is 21.8. The molecule has 1 saturated heterocycles. The van der Waals surface area contributed by atoms with Crippen LogP contribution in [-0.2, 0) is 9.53 Å². The van der Waals surface area contributed by atoms with Crippen LogP contribution in [-0.4, -0.2) is 48.5 Å². The lowest BCUT2D eigenvalue weighted by Gasteiger charge is -2.32. The summed E-state index contributed by atoms with van der Waals surface area (Å²) < 4.78 is 11.3. The molecule has 0 amide bonds. The topological polar surface area (TPSA) is 38.8 Å². The van der Waals surface area contributed by atoms with Gasteiger partial charge in [0.15, 0.2) is 0 Å². The van der Waals surface area contributed by atoms with Crippen LogP contribution < -0.4 is 4.74 Å². The van der Waals surface area contributed by atoms with Crippen LogP contribution >= 0.6 is 11.8 Å². The van der Waals surface area contributed by atoms with E-state index in [2.05, 4.69) is 36.1 Å². The maximum absolute atomic E-state index is 12.0. The quantitative estimate of drug-likeness (QED) is 0.287. The molecule has 4 nitrogen and oxygen atoms in total. The highest BCUT2D eigenvalue weighted by Crippen LogP contribution is 2.34. The van der Waals surface area contributed by atoms with Gasteiger partial charge in [0.05, 0.1) is 13.0 Å². The van der Waals surface area contributed by atoms with Crippen LogP contribution in [0, 0.1) is 0 Å². The van der Waals surface area contributed by atoms with Gasteiger partial charge in [-0.05, 0) is 44.9 Å². The van der Waals surface area contributed by atoms with Crippen molar-refractivity contribution in [1.29, 1.82) is 0 Å². The molecule has 0 radical (unpaired) electrons. The molecule has 1 aromatic rings. The fourth-order valence-corrected chi connectivity index (χ4v) is 4.91. The number of hydrogen-bond donors (Lipinski definition) is 0. The van der Waals surface area contributed by atoms with Crippen molar-refractivity contribution < 1.29 is 14.3 Å². The highest BCUT2D eigenvalue weighted by molar-refractivity contribution is 7.99. The lowest BCUT2D eigenvalue weighted by Crippen LogP contribution is -2.36. The summed E-state index contributed by atoms with van der Waals surface area (Å²) in [5, 5.41) is 0.449. The van der Waals surface area contributed by atoms with E-state index in [1.54, 1.807) is 0 Å². The average Bonchev–Trinajstić information content (AvgIpc) is 2.71. The van der Waals surface area contributed by atoms with Crippen LogP contribution in [0.25, 0.3) is 0 Å². The van der Waals surface area contributed by atoms with Gasteiger partial charge in [-0.15, -0.1) is 0 Å². The van der Waals surface area contributed by atoms with Crippen molar-refractivity contribution >= 4 is 17.7 Å². The first-order valence-electron chi connectivity index (χ1n) is 11.7. The molecule has 0 aliphatic carbocycles. The van der Waals surface area contributed by atoms with E-state index in [4.69, 9.17) is 9.47 Å². The van der Waals surface area contributed by atoms with Crippen LogP contribution in [0.5, 0.6) is 5.75 Å². The summed E-state index contributed by atoms with van der Waals surface area (Å²) in [4.78, 5) is 14.4. The predicted octanol–water partition coefficient (Wildman–Crippen LogP) is 6.25. The van der Waals surface area contributed by atoms with Gasteiger partial charge in [0.25, 0.3) is 0 Å². The number of rotatable bonds is 12. The zero-order valence-electron chi connectivity index (χ0n) is 19.5. The van der Waals surface area contributed by atoms with Gasteiger partial charge in [-0.1, -0.05) is 51.2 Å². The number of benzene rings is 1. The Morgan fingerprint density at radius 1 is 1.10 bits per heavy atom. The van der Waals surface area contributed by atoms with Gasteiger partial charge >= 0.3 is 5.97 Å². The molecule has 30 heavy (non-hydrogen) atoms. The van der Waals surface area contributed by atoms with Gasteiger partial charge in [-0.3, -0.25) is 4.79 Å². The Labute approximate surface area is 188 Å². The fraction of sp³-hybridized carbons (Fsp3) is 0.720. The lowest BCUT2D eigenvalue weighted by molar-refractivity contribution is -0.155. The standard InChI is InChI=1S/C25H41NO3S/c1-5-6-7-8-9-10-18-28-22-13-11-21(12-14-22)23-20-26(17-19-30-23)16-15-24(27)29-25(2,3)4/h11-14,23H,5-10,15-20H2,1-4H3. The van der Waals surface area contributed by atoms with Crippen LogP contribution in [0.4, 0.5) is 0 Å². The Hall–Kier alpha value is -1.20. The molecule has 0 aromatic heterocycles. The second-order valence-electron chi connectivity index (χ2n) is 9.18. The molecule has 0 bridgehead atoms. The van der Waals surface area contributed by atoms with Crippen LogP contribution in [0.15, 0.2) is 24.3 Å². The molecular weight excluding hydrogens is 394 g/mol. The summed E-state index contributed by atoms with van der Waals surface area (Å²) >= 11 is 2.00. The van der Waals surface area contributed by atoms with Gasteiger partial charge in [0.2, 0.25) is 0 Å². The van der Waals surface area contributed by atoms with Crippen LogP contribution in [0.1, 0.15) is 83.5 Å². The second-order valence-corrected chi connectivity index (χ2v) is 10.5. The first-order chi connectivity index (χ1) is 14.4. The number of carbonyl (C=O) groups is 1. The number of thioether (sulfide) groups is 1. The minimum absolute atomic E-state index is 0.107. The molecule has 2 rings (SSSR count). The molecule has 0 spiro atoms. The summed E-state index contributed by atoms with van der Waals surface area (Å²) in [6, 6.07) is 8.61. The second kappa shape index (κ2) is 13.3. The molecule has 1 aromatic carbocycles. The van der Waals surface area contributed by atoms with Crippen molar-refractivity contribution in [3.8, 4) is 5.75 Å². The Morgan fingerprint density at radius 2 is 1.80 bits per heavy atom. The number of esters is 1. The summed E-state index contributed by atoms with van der Waals surface area (Å²) in [6.07, 6.45) is 8.16. The van der Waals surface area contributed by atoms with E-state index in [1.165, 1.54) is 37.7 Å². The van der Waals surface area contributed by atoms with E-state index in [0.717, 1.165) is 44.2 Å². The number of hydrogen-bond acceptors (Lipinski definition) is 5. The SMILES string of the molecule is CCCCCCCCOc1ccc(C2CN(CCC(=O)OC(C)(C)C)CCS2)cc1. The molecule has 1 atom stereocenters. The molecule has 0 saturated carbocycles. The highest BCUT2D eigenvalue weighted by atomic mass is 32.2. The van der Waals surface area contributed by atoms with E-state index in [9.17, 15) is 4.79 Å². The van der Waals surface area contributed by atoms with Crippen LogP contribution in [0.3, 0.4) is 0 Å². The Kier molecular flexibility index (Phi) is 11.1. The average molecular weight is 436 g/mol. The molecule has 170 valence electrons. The van der Waals surface area contributed by atoms with Crippen molar-refractivity contribution in [2.45, 2.75) is 83.5 Å². The summed E-state index contributed by atoms with van der Waals surface area (Å²) in [6.45, 7) is 11.6. The Morgan fingerprint density at radius 3 is 2.50 bits per heavy atom. The molecule has 5 heteroatoms.